The third kappa shape index (κ3) is 5.19. The molecule has 0 saturated carbocycles. The summed E-state index contributed by atoms with van der Waals surface area (Å²) in [5, 5.41) is 0. The summed E-state index contributed by atoms with van der Waals surface area (Å²) in [7, 11) is 2.01. The van der Waals surface area contributed by atoms with E-state index in [2.05, 4.69) is 4.90 Å². The lowest BCUT2D eigenvalue weighted by atomic mass is 10.00. The zero-order valence-electron chi connectivity index (χ0n) is 16.7. The van der Waals surface area contributed by atoms with Crippen molar-refractivity contribution in [2.75, 3.05) is 13.7 Å². The van der Waals surface area contributed by atoms with E-state index in [0.29, 0.717) is 18.4 Å². The Kier molecular flexibility index (Phi) is 7.18. The molecule has 2 aliphatic rings. The first-order valence-corrected chi connectivity index (χ1v) is 9.38. The summed E-state index contributed by atoms with van der Waals surface area (Å²) < 4.78 is 16.1. The Labute approximate surface area is 160 Å². The monoisotopic (exact) mass is 379 g/mol. The smallest absolute Gasteiger partial charge is 0.333 e. The zero-order valence-corrected chi connectivity index (χ0v) is 16.7. The van der Waals surface area contributed by atoms with Crippen molar-refractivity contribution in [1.29, 1.82) is 0 Å². The van der Waals surface area contributed by atoms with Gasteiger partial charge in [0.15, 0.2) is 0 Å². The van der Waals surface area contributed by atoms with E-state index in [1.165, 1.54) is 13.0 Å². The molecule has 0 aromatic carbocycles. The number of esters is 3. The molecule has 150 valence electrons. The highest BCUT2D eigenvalue weighted by Crippen LogP contribution is 2.37. The fraction of sp³-hybridized carbons (Fsp3) is 0.650. The number of hydrogen-bond donors (Lipinski definition) is 0. The lowest BCUT2D eigenvalue weighted by molar-refractivity contribution is -0.150. The van der Waals surface area contributed by atoms with Gasteiger partial charge in [0.25, 0.3) is 0 Å². The molecule has 0 unspecified atom stereocenters. The molecule has 0 spiro atoms. The van der Waals surface area contributed by atoms with E-state index in [0.717, 1.165) is 6.42 Å². The van der Waals surface area contributed by atoms with Crippen molar-refractivity contribution >= 4 is 17.9 Å². The van der Waals surface area contributed by atoms with E-state index >= 15 is 0 Å². The summed E-state index contributed by atoms with van der Waals surface area (Å²) in [5.74, 6) is -1.37. The minimum Gasteiger partial charge on any atom is -0.463 e. The molecule has 0 N–H and O–H groups in total. The SMILES string of the molecule is C/C=C(\C)C(=O)O[C@H]1C[C@@H]2C[C@H](OC(=O)/C=C(\C)C(=O)OCC)C[C@H]1N2C. The van der Waals surface area contributed by atoms with Crippen molar-refractivity contribution in [3.8, 4) is 0 Å². The molecule has 2 heterocycles. The minimum absolute atomic E-state index is 0.0188. The molecular formula is C20H29NO6. The van der Waals surface area contributed by atoms with Crippen LogP contribution in [0.2, 0.25) is 0 Å². The van der Waals surface area contributed by atoms with Gasteiger partial charge in [-0.3, -0.25) is 4.90 Å². The number of fused-ring (bicyclic) bond motifs is 2. The third-order valence-corrected chi connectivity index (χ3v) is 5.30. The summed E-state index contributed by atoms with van der Waals surface area (Å²) in [6.07, 6.45) is 4.44. The molecule has 2 saturated heterocycles. The number of rotatable bonds is 6. The van der Waals surface area contributed by atoms with Crippen molar-refractivity contribution in [2.45, 2.75) is 71.2 Å². The number of carbonyl (C=O) groups is 3. The molecule has 0 radical (unpaired) electrons. The van der Waals surface area contributed by atoms with E-state index in [4.69, 9.17) is 14.2 Å². The van der Waals surface area contributed by atoms with Crippen molar-refractivity contribution in [2.24, 2.45) is 0 Å². The first kappa shape index (κ1) is 21.2. The molecule has 2 aliphatic heterocycles. The number of likely N-dealkylation sites (N-methyl/N-ethyl adjacent to an activating group) is 1. The summed E-state index contributed by atoms with van der Waals surface area (Å²) in [6.45, 7) is 7.02. The van der Waals surface area contributed by atoms with Crippen LogP contribution in [0.5, 0.6) is 0 Å². The van der Waals surface area contributed by atoms with E-state index in [1.54, 1.807) is 26.8 Å². The van der Waals surface area contributed by atoms with E-state index in [9.17, 15) is 14.4 Å². The second-order valence-corrected chi connectivity index (χ2v) is 7.12. The lowest BCUT2D eigenvalue weighted by Crippen LogP contribution is -2.46. The molecule has 0 amide bonds. The number of allylic oxidation sites excluding steroid dienone is 1. The van der Waals surface area contributed by atoms with Crippen LogP contribution in [0.25, 0.3) is 0 Å². The molecule has 2 fully saturated rings. The van der Waals surface area contributed by atoms with Crippen LogP contribution in [0.4, 0.5) is 0 Å². The minimum atomic E-state index is -0.548. The summed E-state index contributed by atoms with van der Waals surface area (Å²) in [6, 6.07) is 0.214. The Morgan fingerprint density at radius 3 is 2.37 bits per heavy atom. The van der Waals surface area contributed by atoms with Crippen molar-refractivity contribution in [3.63, 3.8) is 0 Å². The maximum Gasteiger partial charge on any atom is 0.333 e. The van der Waals surface area contributed by atoms with Gasteiger partial charge in [-0.2, -0.15) is 0 Å². The number of carbonyl (C=O) groups excluding carboxylic acids is 3. The molecule has 2 bridgehead atoms. The van der Waals surface area contributed by atoms with Crippen LogP contribution in [0, 0.1) is 0 Å². The third-order valence-electron chi connectivity index (χ3n) is 5.30. The fourth-order valence-corrected chi connectivity index (χ4v) is 3.62. The van der Waals surface area contributed by atoms with Gasteiger partial charge in [-0.05, 0) is 34.7 Å². The van der Waals surface area contributed by atoms with Gasteiger partial charge in [0.05, 0.1) is 12.6 Å². The van der Waals surface area contributed by atoms with E-state index in [1.807, 2.05) is 7.05 Å². The van der Waals surface area contributed by atoms with Crippen LogP contribution in [0.15, 0.2) is 23.3 Å². The molecule has 0 aromatic heterocycles. The van der Waals surface area contributed by atoms with Gasteiger partial charge in [0, 0.05) is 42.5 Å². The highest BCUT2D eigenvalue weighted by molar-refractivity contribution is 5.95. The number of ether oxygens (including phenoxy) is 3. The van der Waals surface area contributed by atoms with Crippen molar-refractivity contribution < 1.29 is 28.6 Å². The summed E-state index contributed by atoms with van der Waals surface area (Å²) >= 11 is 0. The molecule has 2 rings (SSSR count). The van der Waals surface area contributed by atoms with Crippen LogP contribution in [-0.2, 0) is 28.6 Å². The Hall–Kier alpha value is -2.15. The Balaban J connectivity index is 1.96. The van der Waals surface area contributed by atoms with Gasteiger partial charge in [-0.15, -0.1) is 0 Å². The van der Waals surface area contributed by atoms with Crippen LogP contribution < -0.4 is 0 Å². The van der Waals surface area contributed by atoms with E-state index < -0.39 is 11.9 Å². The van der Waals surface area contributed by atoms with Gasteiger partial charge in [-0.1, -0.05) is 6.08 Å². The van der Waals surface area contributed by atoms with E-state index in [-0.39, 0.29) is 42.4 Å². The predicted octanol–water partition coefficient (Wildman–Crippen LogP) is 2.15. The largest absolute Gasteiger partial charge is 0.463 e. The lowest BCUT2D eigenvalue weighted by Gasteiger charge is -2.36. The van der Waals surface area contributed by atoms with Gasteiger partial charge >= 0.3 is 17.9 Å². The Bertz CT molecular complexity index is 653. The maximum absolute atomic E-state index is 12.1. The number of piperidine rings is 1. The quantitative estimate of drug-likeness (QED) is 0.397. The highest BCUT2D eigenvalue weighted by atomic mass is 16.6. The second kappa shape index (κ2) is 9.17. The maximum atomic E-state index is 12.1. The summed E-state index contributed by atoms with van der Waals surface area (Å²) in [5.41, 5.74) is 0.799. The Morgan fingerprint density at radius 2 is 1.74 bits per heavy atom. The van der Waals surface area contributed by atoms with Gasteiger partial charge in [0.2, 0.25) is 0 Å². The number of hydrogen-bond acceptors (Lipinski definition) is 7. The highest BCUT2D eigenvalue weighted by Gasteiger charge is 2.47. The second-order valence-electron chi connectivity index (χ2n) is 7.12. The molecular weight excluding hydrogens is 350 g/mol. The van der Waals surface area contributed by atoms with Crippen molar-refractivity contribution in [3.05, 3.63) is 23.3 Å². The molecule has 0 aliphatic carbocycles. The first-order chi connectivity index (χ1) is 12.8. The molecule has 7 heteroatoms. The Morgan fingerprint density at radius 1 is 1.04 bits per heavy atom. The topological polar surface area (TPSA) is 82.1 Å². The van der Waals surface area contributed by atoms with Gasteiger partial charge < -0.3 is 14.2 Å². The van der Waals surface area contributed by atoms with Crippen LogP contribution in [0.1, 0.15) is 47.0 Å². The molecule has 27 heavy (non-hydrogen) atoms. The zero-order chi connectivity index (χ0) is 20.1. The summed E-state index contributed by atoms with van der Waals surface area (Å²) in [4.78, 5) is 38.0. The molecule has 0 aromatic rings. The average Bonchev–Trinajstić information content (AvgIpc) is 2.79. The standard InChI is InChI=1S/C20H29NO6/c1-6-12(3)20(24)27-17-10-14-9-15(11-16(17)21(14)5)26-18(22)8-13(4)19(23)25-7-2/h6,8,14-17H,7,9-11H2,1-5H3/b12-6+,13-8+/t14-,15-,16+,17-/m0/s1. The van der Waals surface area contributed by atoms with Crippen LogP contribution in [0.3, 0.4) is 0 Å². The molecule has 7 nitrogen and oxygen atoms in total. The van der Waals surface area contributed by atoms with Gasteiger partial charge in [-0.25, -0.2) is 14.4 Å². The predicted molar refractivity (Wildman–Crippen MR) is 98.8 cm³/mol. The first-order valence-electron chi connectivity index (χ1n) is 9.38. The van der Waals surface area contributed by atoms with Crippen molar-refractivity contribution in [1.82, 2.24) is 4.90 Å². The van der Waals surface area contributed by atoms with Crippen LogP contribution in [-0.4, -0.2) is 60.8 Å². The van der Waals surface area contributed by atoms with Crippen LogP contribution >= 0.6 is 0 Å². The average molecular weight is 379 g/mol. The normalized spacial score (nSPS) is 28.6. The fourth-order valence-electron chi connectivity index (χ4n) is 3.62. The van der Waals surface area contributed by atoms with Gasteiger partial charge in [0.1, 0.15) is 12.2 Å². The molecule has 4 atom stereocenters. The number of nitrogens with zero attached hydrogens (tertiary/aromatic N) is 1.